The van der Waals surface area contributed by atoms with E-state index in [4.69, 9.17) is 27.9 Å². The van der Waals surface area contributed by atoms with Crippen LogP contribution >= 0.6 is 35.0 Å². The van der Waals surface area contributed by atoms with Crippen molar-refractivity contribution in [2.45, 2.75) is 10.6 Å². The molecule has 0 aliphatic rings. The van der Waals surface area contributed by atoms with Crippen LogP contribution in [0.2, 0.25) is 10.0 Å². The summed E-state index contributed by atoms with van der Waals surface area (Å²) in [6.45, 7) is -0.267. The zero-order valence-corrected chi connectivity index (χ0v) is 16.1. The molecule has 4 nitrogen and oxygen atoms in total. The first-order valence-corrected chi connectivity index (χ1v) is 9.15. The Hall–Kier alpha value is -1.69. The van der Waals surface area contributed by atoms with Gasteiger partial charge in [0.1, 0.15) is 0 Å². The fourth-order valence-corrected chi connectivity index (χ4v) is 3.27. The lowest BCUT2D eigenvalue weighted by Gasteiger charge is -2.10. The van der Waals surface area contributed by atoms with Gasteiger partial charge in [0, 0.05) is 29.8 Å². The van der Waals surface area contributed by atoms with E-state index in [1.165, 1.54) is 4.90 Å². The third-order valence-electron chi connectivity index (χ3n) is 3.30. The van der Waals surface area contributed by atoms with Gasteiger partial charge in [0.05, 0.1) is 10.6 Å². The maximum absolute atomic E-state index is 11.9. The van der Waals surface area contributed by atoms with Crippen molar-refractivity contribution in [3.05, 3.63) is 63.6 Å². The SMILES string of the molecule is CN(C)C(=O)COC(=O)c1ccc(CSc2cc(Cl)ccc2Cl)cc1. The van der Waals surface area contributed by atoms with Crippen molar-refractivity contribution >= 4 is 46.8 Å². The number of halogens is 2. The zero-order valence-electron chi connectivity index (χ0n) is 13.8. The van der Waals surface area contributed by atoms with Gasteiger partial charge in [-0.3, -0.25) is 4.79 Å². The minimum Gasteiger partial charge on any atom is -0.452 e. The molecule has 0 N–H and O–H groups in total. The van der Waals surface area contributed by atoms with Gasteiger partial charge in [-0.05, 0) is 35.9 Å². The van der Waals surface area contributed by atoms with Gasteiger partial charge in [0.15, 0.2) is 6.61 Å². The molecule has 0 bridgehead atoms. The fraction of sp³-hybridized carbons (Fsp3) is 0.222. The molecule has 0 radical (unpaired) electrons. The van der Waals surface area contributed by atoms with E-state index in [-0.39, 0.29) is 12.5 Å². The molecular weight excluding hydrogens is 381 g/mol. The molecule has 0 aliphatic carbocycles. The highest BCUT2D eigenvalue weighted by molar-refractivity contribution is 7.98. The third kappa shape index (κ3) is 5.96. The van der Waals surface area contributed by atoms with Gasteiger partial charge in [-0.2, -0.15) is 0 Å². The summed E-state index contributed by atoms with van der Waals surface area (Å²) in [6.07, 6.45) is 0. The number of hydrogen-bond donors (Lipinski definition) is 0. The molecule has 0 aliphatic heterocycles. The van der Waals surface area contributed by atoms with Crippen molar-refractivity contribution in [2.24, 2.45) is 0 Å². The number of amides is 1. The summed E-state index contributed by atoms with van der Waals surface area (Å²) in [7, 11) is 3.21. The smallest absolute Gasteiger partial charge is 0.338 e. The van der Waals surface area contributed by atoms with E-state index < -0.39 is 5.97 Å². The lowest BCUT2D eigenvalue weighted by Crippen LogP contribution is -2.27. The highest BCUT2D eigenvalue weighted by Gasteiger charge is 2.11. The number of carbonyl (C=O) groups excluding carboxylic acids is 2. The highest BCUT2D eigenvalue weighted by Crippen LogP contribution is 2.32. The number of ether oxygens (including phenoxy) is 1. The Morgan fingerprint density at radius 3 is 2.40 bits per heavy atom. The van der Waals surface area contributed by atoms with Crippen LogP contribution in [0.5, 0.6) is 0 Å². The highest BCUT2D eigenvalue weighted by atomic mass is 35.5. The van der Waals surface area contributed by atoms with Crippen LogP contribution in [0.25, 0.3) is 0 Å². The maximum Gasteiger partial charge on any atom is 0.338 e. The number of likely N-dealkylation sites (N-methyl/N-ethyl adjacent to an activating group) is 1. The summed E-state index contributed by atoms with van der Waals surface area (Å²) in [5.41, 5.74) is 1.43. The summed E-state index contributed by atoms with van der Waals surface area (Å²) in [4.78, 5) is 25.6. The van der Waals surface area contributed by atoms with Gasteiger partial charge in [0.2, 0.25) is 0 Å². The molecular formula is C18H17Cl2NO3S. The number of carbonyl (C=O) groups is 2. The van der Waals surface area contributed by atoms with E-state index in [0.717, 1.165) is 10.5 Å². The summed E-state index contributed by atoms with van der Waals surface area (Å²) >= 11 is 13.7. The molecule has 1 amide bonds. The Labute approximate surface area is 161 Å². The maximum atomic E-state index is 11.9. The predicted octanol–water partition coefficient (Wildman–Crippen LogP) is 4.53. The monoisotopic (exact) mass is 397 g/mol. The summed E-state index contributed by atoms with van der Waals surface area (Å²) in [5.74, 6) is -0.0961. The Morgan fingerprint density at radius 1 is 1.08 bits per heavy atom. The van der Waals surface area contributed by atoms with Crippen LogP contribution in [-0.2, 0) is 15.3 Å². The lowest BCUT2D eigenvalue weighted by molar-refractivity contribution is -0.131. The Kier molecular flexibility index (Phi) is 7.17. The Balaban J connectivity index is 1.92. The Bertz CT molecular complexity index is 763. The second kappa shape index (κ2) is 9.13. The van der Waals surface area contributed by atoms with Gasteiger partial charge in [0.25, 0.3) is 5.91 Å². The average molecular weight is 398 g/mol. The summed E-state index contributed by atoms with van der Waals surface area (Å²) < 4.78 is 4.98. The number of hydrogen-bond acceptors (Lipinski definition) is 4. The van der Waals surface area contributed by atoms with Crippen molar-refractivity contribution in [2.75, 3.05) is 20.7 Å². The summed E-state index contributed by atoms with van der Waals surface area (Å²) in [6, 6.07) is 12.4. The minimum absolute atomic E-state index is 0.264. The molecule has 0 atom stereocenters. The topological polar surface area (TPSA) is 46.6 Å². The zero-order chi connectivity index (χ0) is 18.4. The number of rotatable bonds is 6. The van der Waals surface area contributed by atoms with Crippen molar-refractivity contribution in [1.29, 1.82) is 0 Å². The van der Waals surface area contributed by atoms with Crippen LogP contribution in [0.3, 0.4) is 0 Å². The van der Waals surface area contributed by atoms with Crippen molar-refractivity contribution in [3.8, 4) is 0 Å². The van der Waals surface area contributed by atoms with E-state index in [1.54, 1.807) is 50.1 Å². The number of esters is 1. The number of thioether (sulfide) groups is 1. The quantitative estimate of drug-likeness (QED) is 0.530. The van der Waals surface area contributed by atoms with Gasteiger partial charge in [-0.15, -0.1) is 11.8 Å². The average Bonchev–Trinajstić information content (AvgIpc) is 2.60. The molecule has 2 aromatic rings. The molecule has 0 saturated carbocycles. The third-order valence-corrected chi connectivity index (χ3v) is 5.11. The molecule has 7 heteroatoms. The molecule has 0 fully saturated rings. The molecule has 0 unspecified atom stereocenters. The first kappa shape index (κ1) is 19.6. The molecule has 0 aromatic heterocycles. The molecule has 0 heterocycles. The minimum atomic E-state index is -0.521. The van der Waals surface area contributed by atoms with Crippen LogP contribution in [0.4, 0.5) is 0 Å². The second-order valence-electron chi connectivity index (χ2n) is 5.42. The van der Waals surface area contributed by atoms with Crippen LogP contribution in [0, 0.1) is 0 Å². The van der Waals surface area contributed by atoms with Crippen LogP contribution in [-0.4, -0.2) is 37.5 Å². The van der Waals surface area contributed by atoms with Crippen LogP contribution < -0.4 is 0 Å². The van der Waals surface area contributed by atoms with Crippen LogP contribution in [0.15, 0.2) is 47.4 Å². The molecule has 0 spiro atoms. The van der Waals surface area contributed by atoms with Crippen LogP contribution in [0.1, 0.15) is 15.9 Å². The van der Waals surface area contributed by atoms with E-state index >= 15 is 0 Å². The molecule has 2 rings (SSSR count). The number of benzene rings is 2. The standard InChI is InChI=1S/C18H17Cl2NO3S/c1-21(2)17(22)10-24-18(23)13-5-3-12(4-6-13)11-25-16-9-14(19)7-8-15(16)20/h3-9H,10-11H2,1-2H3. The van der Waals surface area contributed by atoms with Crippen molar-refractivity contribution < 1.29 is 14.3 Å². The van der Waals surface area contributed by atoms with Crippen molar-refractivity contribution in [1.82, 2.24) is 4.90 Å². The molecule has 2 aromatic carbocycles. The van der Waals surface area contributed by atoms with E-state index in [2.05, 4.69) is 0 Å². The molecule has 25 heavy (non-hydrogen) atoms. The first-order valence-electron chi connectivity index (χ1n) is 7.41. The first-order chi connectivity index (χ1) is 11.9. The van der Waals surface area contributed by atoms with E-state index in [9.17, 15) is 9.59 Å². The van der Waals surface area contributed by atoms with E-state index in [1.807, 2.05) is 18.2 Å². The van der Waals surface area contributed by atoms with Gasteiger partial charge in [-0.25, -0.2) is 4.79 Å². The summed E-state index contributed by atoms with van der Waals surface area (Å²) in [5, 5.41) is 1.29. The molecule has 0 saturated heterocycles. The lowest BCUT2D eigenvalue weighted by atomic mass is 10.1. The Morgan fingerprint density at radius 2 is 1.76 bits per heavy atom. The van der Waals surface area contributed by atoms with Gasteiger partial charge in [-0.1, -0.05) is 35.3 Å². The second-order valence-corrected chi connectivity index (χ2v) is 7.29. The normalized spacial score (nSPS) is 10.4. The van der Waals surface area contributed by atoms with E-state index in [0.29, 0.717) is 21.4 Å². The van der Waals surface area contributed by atoms with Gasteiger partial charge < -0.3 is 9.64 Å². The van der Waals surface area contributed by atoms with Crippen molar-refractivity contribution in [3.63, 3.8) is 0 Å². The number of nitrogens with zero attached hydrogens (tertiary/aromatic N) is 1. The predicted molar refractivity (Wildman–Crippen MR) is 101 cm³/mol. The van der Waals surface area contributed by atoms with Gasteiger partial charge >= 0.3 is 5.97 Å². The molecule has 132 valence electrons. The largest absolute Gasteiger partial charge is 0.452 e. The fourth-order valence-electron chi connectivity index (χ4n) is 1.83.